The summed E-state index contributed by atoms with van der Waals surface area (Å²) in [6.45, 7) is 0. The summed E-state index contributed by atoms with van der Waals surface area (Å²) in [7, 11) is 0. The molecule has 2 nitrogen and oxygen atoms in total. The van der Waals surface area contributed by atoms with Gasteiger partial charge >= 0.3 is 0 Å². The molecule has 0 aliphatic heterocycles. The fourth-order valence-corrected chi connectivity index (χ4v) is 3.37. The molecule has 0 bridgehead atoms. The smallest absolute Gasteiger partial charge is 0.224 e. The van der Waals surface area contributed by atoms with Gasteiger partial charge in [0.05, 0.1) is 16.5 Å². The molecule has 1 aliphatic rings. The van der Waals surface area contributed by atoms with Gasteiger partial charge in [-0.1, -0.05) is 42.1 Å². The van der Waals surface area contributed by atoms with E-state index in [1.807, 2.05) is 6.07 Å². The summed E-state index contributed by atoms with van der Waals surface area (Å²) < 4.78 is 0. The van der Waals surface area contributed by atoms with Crippen LogP contribution in [0.4, 0.5) is 0 Å². The van der Waals surface area contributed by atoms with Gasteiger partial charge < -0.3 is 5.32 Å². The fourth-order valence-electron chi connectivity index (χ4n) is 2.68. The minimum Gasteiger partial charge on any atom is -0.353 e. The highest BCUT2D eigenvalue weighted by Gasteiger charge is 2.25. The van der Waals surface area contributed by atoms with E-state index < -0.39 is 0 Å². The van der Waals surface area contributed by atoms with E-state index in [0.717, 1.165) is 24.8 Å². The zero-order valence-corrected chi connectivity index (χ0v) is 13.4. The van der Waals surface area contributed by atoms with Crippen LogP contribution in [0, 0.1) is 5.92 Å². The number of benzene rings is 1. The monoisotopic (exact) mass is 333 g/mol. The van der Waals surface area contributed by atoms with Crippen LogP contribution >= 0.6 is 34.8 Å². The van der Waals surface area contributed by atoms with Gasteiger partial charge in [-0.05, 0) is 36.5 Å². The topological polar surface area (TPSA) is 29.1 Å². The zero-order valence-electron chi connectivity index (χ0n) is 11.2. The first kappa shape index (κ1) is 15.9. The van der Waals surface area contributed by atoms with Crippen molar-refractivity contribution in [3.8, 4) is 0 Å². The summed E-state index contributed by atoms with van der Waals surface area (Å²) in [5.41, 5.74) is 0.870. The van der Waals surface area contributed by atoms with Gasteiger partial charge in [0.15, 0.2) is 0 Å². The van der Waals surface area contributed by atoms with E-state index >= 15 is 0 Å². The Morgan fingerprint density at radius 1 is 1.20 bits per heavy atom. The lowest BCUT2D eigenvalue weighted by Crippen LogP contribution is -2.43. The normalized spacial score (nSPS) is 22.6. The Hall–Kier alpha value is -0.440. The summed E-state index contributed by atoms with van der Waals surface area (Å²) in [6.07, 6.45) is 4.80. The Morgan fingerprint density at radius 2 is 1.95 bits per heavy atom. The molecule has 20 heavy (non-hydrogen) atoms. The lowest BCUT2D eigenvalue weighted by Gasteiger charge is -2.30. The van der Waals surface area contributed by atoms with E-state index in [4.69, 9.17) is 34.8 Å². The van der Waals surface area contributed by atoms with Crippen LogP contribution in [-0.2, 0) is 11.2 Å². The third-order valence-electron chi connectivity index (χ3n) is 3.80. The van der Waals surface area contributed by atoms with Gasteiger partial charge in [0.2, 0.25) is 5.91 Å². The van der Waals surface area contributed by atoms with E-state index in [2.05, 4.69) is 5.32 Å². The Kier molecular flexibility index (Phi) is 6.01. The van der Waals surface area contributed by atoms with Crippen LogP contribution in [0.25, 0.3) is 0 Å². The van der Waals surface area contributed by atoms with Crippen molar-refractivity contribution in [1.29, 1.82) is 0 Å². The van der Waals surface area contributed by atoms with Crippen LogP contribution in [-0.4, -0.2) is 17.8 Å². The molecule has 1 amide bonds. The maximum atomic E-state index is 12.1. The number of amides is 1. The quantitative estimate of drug-likeness (QED) is 0.810. The molecule has 1 aromatic rings. The molecule has 0 saturated heterocycles. The van der Waals surface area contributed by atoms with Crippen molar-refractivity contribution >= 4 is 40.7 Å². The number of rotatable bonds is 4. The second-order valence-electron chi connectivity index (χ2n) is 5.30. The standard InChI is InChI=1S/C15H18Cl3NO/c16-9-11-3-1-2-4-14(11)19-15(20)8-10-5-6-12(17)13(18)7-10/h5-7,11,14H,1-4,8-9H2,(H,19,20). The maximum absolute atomic E-state index is 12.1. The Labute approximate surface area is 134 Å². The number of carbonyl (C=O) groups excluding carboxylic acids is 1. The number of nitrogens with one attached hydrogen (secondary N) is 1. The Balaban J connectivity index is 1.92. The second kappa shape index (κ2) is 7.53. The van der Waals surface area contributed by atoms with Crippen molar-refractivity contribution < 1.29 is 4.79 Å². The first-order chi connectivity index (χ1) is 9.60. The van der Waals surface area contributed by atoms with E-state index in [0.29, 0.717) is 28.3 Å². The van der Waals surface area contributed by atoms with E-state index in [1.54, 1.807) is 12.1 Å². The van der Waals surface area contributed by atoms with Crippen LogP contribution in [0.1, 0.15) is 31.2 Å². The van der Waals surface area contributed by atoms with Crippen LogP contribution < -0.4 is 5.32 Å². The molecular formula is C15H18Cl3NO. The summed E-state index contributed by atoms with van der Waals surface area (Å²) >= 11 is 17.8. The second-order valence-corrected chi connectivity index (χ2v) is 6.42. The molecule has 0 spiro atoms. The van der Waals surface area contributed by atoms with E-state index in [9.17, 15) is 4.79 Å². The predicted octanol–water partition coefficient (Wildman–Crippen LogP) is 4.45. The van der Waals surface area contributed by atoms with Crippen LogP contribution in [0.15, 0.2) is 18.2 Å². The Morgan fingerprint density at radius 3 is 2.65 bits per heavy atom. The fraction of sp³-hybridized carbons (Fsp3) is 0.533. The number of alkyl halides is 1. The molecule has 110 valence electrons. The molecular weight excluding hydrogens is 317 g/mol. The molecule has 2 atom stereocenters. The van der Waals surface area contributed by atoms with Gasteiger partial charge in [0, 0.05) is 11.9 Å². The minimum absolute atomic E-state index is 0.0189. The highest BCUT2D eigenvalue weighted by Crippen LogP contribution is 2.26. The third kappa shape index (κ3) is 4.28. The van der Waals surface area contributed by atoms with Gasteiger partial charge in [-0.3, -0.25) is 4.79 Å². The van der Waals surface area contributed by atoms with Crippen LogP contribution in [0.3, 0.4) is 0 Å². The lowest BCUT2D eigenvalue weighted by molar-refractivity contribution is -0.121. The highest BCUT2D eigenvalue weighted by atomic mass is 35.5. The molecule has 0 radical (unpaired) electrons. The maximum Gasteiger partial charge on any atom is 0.224 e. The van der Waals surface area contributed by atoms with Crippen molar-refractivity contribution in [1.82, 2.24) is 5.32 Å². The number of carbonyl (C=O) groups is 1. The first-order valence-electron chi connectivity index (χ1n) is 6.89. The SMILES string of the molecule is O=C(Cc1ccc(Cl)c(Cl)c1)NC1CCCCC1CCl. The molecule has 2 rings (SSSR count). The lowest BCUT2D eigenvalue weighted by atomic mass is 9.85. The van der Waals surface area contributed by atoms with Gasteiger partial charge in [-0.15, -0.1) is 11.6 Å². The predicted molar refractivity (Wildman–Crippen MR) is 84.8 cm³/mol. The van der Waals surface area contributed by atoms with Gasteiger partial charge in [0.25, 0.3) is 0 Å². The summed E-state index contributed by atoms with van der Waals surface area (Å²) in [4.78, 5) is 12.1. The third-order valence-corrected chi connectivity index (χ3v) is 4.94. The summed E-state index contributed by atoms with van der Waals surface area (Å²) in [6, 6.07) is 5.49. The highest BCUT2D eigenvalue weighted by molar-refractivity contribution is 6.42. The number of hydrogen-bond donors (Lipinski definition) is 1. The van der Waals surface area contributed by atoms with Crippen LogP contribution in [0.2, 0.25) is 10.0 Å². The van der Waals surface area contributed by atoms with Crippen molar-refractivity contribution in [2.24, 2.45) is 5.92 Å². The molecule has 1 saturated carbocycles. The average molecular weight is 335 g/mol. The molecule has 1 N–H and O–H groups in total. The molecule has 5 heteroatoms. The van der Waals surface area contributed by atoms with Crippen molar-refractivity contribution in [3.05, 3.63) is 33.8 Å². The zero-order chi connectivity index (χ0) is 14.5. The average Bonchev–Trinajstić information content (AvgIpc) is 2.43. The van der Waals surface area contributed by atoms with E-state index in [1.165, 1.54) is 6.42 Å². The molecule has 0 aromatic heterocycles. The molecule has 2 unspecified atom stereocenters. The number of halogens is 3. The van der Waals surface area contributed by atoms with Gasteiger partial charge in [0.1, 0.15) is 0 Å². The Bertz CT molecular complexity index is 478. The minimum atomic E-state index is 0.0189. The molecule has 1 aromatic carbocycles. The van der Waals surface area contributed by atoms with Crippen molar-refractivity contribution in [3.63, 3.8) is 0 Å². The van der Waals surface area contributed by atoms with Gasteiger partial charge in [-0.2, -0.15) is 0 Å². The van der Waals surface area contributed by atoms with Crippen molar-refractivity contribution in [2.75, 3.05) is 5.88 Å². The first-order valence-corrected chi connectivity index (χ1v) is 8.18. The number of hydrogen-bond acceptors (Lipinski definition) is 1. The molecule has 1 fully saturated rings. The van der Waals surface area contributed by atoms with Crippen LogP contribution in [0.5, 0.6) is 0 Å². The van der Waals surface area contributed by atoms with Crippen molar-refractivity contribution in [2.45, 2.75) is 38.1 Å². The largest absolute Gasteiger partial charge is 0.353 e. The molecule has 0 heterocycles. The van der Waals surface area contributed by atoms with Gasteiger partial charge in [-0.25, -0.2) is 0 Å². The summed E-state index contributed by atoms with van der Waals surface area (Å²) in [5, 5.41) is 4.09. The van der Waals surface area contributed by atoms with E-state index in [-0.39, 0.29) is 11.9 Å². The summed E-state index contributed by atoms with van der Waals surface area (Å²) in [5.74, 6) is 1.02. The molecule has 1 aliphatic carbocycles.